The molecule has 0 atom stereocenters. The van der Waals surface area contributed by atoms with Crippen LogP contribution in [-0.4, -0.2) is 85.8 Å². The summed E-state index contributed by atoms with van der Waals surface area (Å²) in [6.45, 7) is 4.54. The van der Waals surface area contributed by atoms with Crippen LogP contribution >= 0.6 is 0 Å². The third-order valence-corrected chi connectivity index (χ3v) is 7.79. The van der Waals surface area contributed by atoms with E-state index in [9.17, 15) is 8.42 Å². The molecule has 0 aliphatic carbocycles. The summed E-state index contributed by atoms with van der Waals surface area (Å²) in [4.78, 5) is 9.51. The molecule has 10 heteroatoms. The van der Waals surface area contributed by atoms with E-state index in [0.29, 0.717) is 13.1 Å². The maximum absolute atomic E-state index is 12.7. The molecule has 0 spiro atoms. The zero-order chi connectivity index (χ0) is 23.4. The van der Waals surface area contributed by atoms with Crippen molar-refractivity contribution < 1.29 is 13.2 Å². The zero-order valence-corrected chi connectivity index (χ0v) is 20.1. The highest BCUT2D eigenvalue weighted by atomic mass is 32.2. The number of pyridine rings is 1. The van der Waals surface area contributed by atoms with Gasteiger partial charge in [-0.25, -0.2) is 8.42 Å². The number of hydrogen-bond acceptors (Lipinski definition) is 7. The average Bonchev–Trinajstić information content (AvgIpc) is 3.30. The lowest BCUT2D eigenvalue weighted by atomic mass is 10.1. The molecule has 0 unspecified atom stereocenters. The van der Waals surface area contributed by atoms with E-state index in [1.807, 2.05) is 36.5 Å². The Kier molecular flexibility index (Phi) is 6.96. The second-order valence-corrected chi connectivity index (χ2v) is 10.1. The molecule has 1 fully saturated rings. The van der Waals surface area contributed by atoms with E-state index in [4.69, 9.17) is 4.74 Å². The van der Waals surface area contributed by atoms with Crippen LogP contribution in [0.3, 0.4) is 0 Å². The summed E-state index contributed by atoms with van der Waals surface area (Å²) in [5.41, 5.74) is 3.12. The number of anilines is 1. The molecule has 1 aromatic carbocycles. The van der Waals surface area contributed by atoms with E-state index in [-0.39, 0.29) is 4.90 Å². The van der Waals surface area contributed by atoms with Crippen molar-refractivity contribution in [2.45, 2.75) is 4.90 Å². The summed E-state index contributed by atoms with van der Waals surface area (Å²) >= 11 is 0. The average molecular weight is 471 g/mol. The minimum atomic E-state index is -3.52. The molecular weight excluding hydrogens is 440 g/mol. The van der Waals surface area contributed by atoms with Gasteiger partial charge in [-0.2, -0.15) is 9.40 Å². The summed E-state index contributed by atoms with van der Waals surface area (Å²) in [7, 11) is 1.47. The first kappa shape index (κ1) is 23.2. The number of ether oxygens (including phenoxy) is 1. The van der Waals surface area contributed by atoms with Crippen LogP contribution in [0.25, 0.3) is 11.3 Å². The van der Waals surface area contributed by atoms with Gasteiger partial charge in [0.2, 0.25) is 10.0 Å². The topological polar surface area (TPSA) is 83.8 Å². The number of nitrogens with zero attached hydrogens (tertiary/aromatic N) is 6. The fourth-order valence-electron chi connectivity index (χ4n) is 3.95. The first-order chi connectivity index (χ1) is 15.9. The number of aryl methyl sites for hydroxylation is 1. The fourth-order valence-corrected chi connectivity index (χ4v) is 5.10. The quantitative estimate of drug-likeness (QED) is 0.497. The van der Waals surface area contributed by atoms with Crippen molar-refractivity contribution in [3.8, 4) is 17.0 Å². The predicted octanol–water partition coefficient (Wildman–Crippen LogP) is 1.93. The Morgan fingerprint density at radius 2 is 1.82 bits per heavy atom. The number of likely N-dealkylation sites (N-methyl/N-ethyl adjacent to an activating group) is 1. The lowest BCUT2D eigenvalue weighted by molar-refractivity contribution is 0.244. The van der Waals surface area contributed by atoms with Crippen LogP contribution in [0, 0.1) is 0 Å². The molecule has 9 nitrogen and oxygen atoms in total. The Morgan fingerprint density at radius 3 is 2.45 bits per heavy atom. The molecule has 0 saturated carbocycles. The summed E-state index contributed by atoms with van der Waals surface area (Å²) in [5, 5.41) is 3.97. The van der Waals surface area contributed by atoms with Crippen LogP contribution in [0.1, 0.15) is 0 Å². The summed E-state index contributed by atoms with van der Waals surface area (Å²) in [6.07, 6.45) is 4.73. The Balaban J connectivity index is 1.36. The van der Waals surface area contributed by atoms with Crippen molar-refractivity contribution in [3.05, 3.63) is 55.0 Å². The number of benzene rings is 1. The van der Waals surface area contributed by atoms with E-state index in [1.165, 1.54) is 21.4 Å². The highest BCUT2D eigenvalue weighted by molar-refractivity contribution is 7.89. The van der Waals surface area contributed by atoms with Crippen molar-refractivity contribution >= 4 is 15.7 Å². The van der Waals surface area contributed by atoms with Gasteiger partial charge in [-0.3, -0.25) is 14.6 Å². The van der Waals surface area contributed by atoms with E-state index >= 15 is 0 Å². The highest BCUT2D eigenvalue weighted by Gasteiger charge is 2.24. The SMILES string of the molecule is COc1ccc(-c2ncccc2N2CCN(CCN(C)S(=O)(=O)c3cnn(C)c3)CC2)cc1. The molecule has 1 aliphatic heterocycles. The van der Waals surface area contributed by atoms with Crippen LogP contribution < -0.4 is 9.64 Å². The van der Waals surface area contributed by atoms with E-state index in [0.717, 1.165) is 48.9 Å². The van der Waals surface area contributed by atoms with Crippen LogP contribution in [-0.2, 0) is 17.1 Å². The number of sulfonamides is 1. The number of rotatable bonds is 8. The second kappa shape index (κ2) is 9.90. The van der Waals surface area contributed by atoms with Crippen LogP contribution in [0.4, 0.5) is 5.69 Å². The summed E-state index contributed by atoms with van der Waals surface area (Å²) < 4.78 is 33.6. The van der Waals surface area contributed by atoms with Crippen molar-refractivity contribution in [1.82, 2.24) is 24.0 Å². The maximum Gasteiger partial charge on any atom is 0.245 e. The molecule has 176 valence electrons. The number of aromatic nitrogens is 3. The van der Waals surface area contributed by atoms with Gasteiger partial charge in [0.15, 0.2) is 0 Å². The smallest absolute Gasteiger partial charge is 0.245 e. The van der Waals surface area contributed by atoms with Crippen LogP contribution in [0.15, 0.2) is 59.9 Å². The Morgan fingerprint density at radius 1 is 1.09 bits per heavy atom. The maximum atomic E-state index is 12.7. The van der Waals surface area contributed by atoms with Gasteiger partial charge >= 0.3 is 0 Å². The summed E-state index contributed by atoms with van der Waals surface area (Å²) in [6, 6.07) is 12.0. The Bertz CT molecular complexity index is 1170. The lowest BCUT2D eigenvalue weighted by Crippen LogP contribution is -2.48. The molecule has 0 amide bonds. The van der Waals surface area contributed by atoms with Crippen molar-refractivity contribution in [1.29, 1.82) is 0 Å². The first-order valence-electron chi connectivity index (χ1n) is 10.9. The van der Waals surface area contributed by atoms with Gasteiger partial charge in [-0.05, 0) is 36.4 Å². The predicted molar refractivity (Wildman–Crippen MR) is 128 cm³/mol. The van der Waals surface area contributed by atoms with E-state index in [1.54, 1.807) is 21.2 Å². The van der Waals surface area contributed by atoms with Gasteiger partial charge in [0.25, 0.3) is 0 Å². The summed E-state index contributed by atoms with van der Waals surface area (Å²) in [5.74, 6) is 0.820. The molecule has 33 heavy (non-hydrogen) atoms. The second-order valence-electron chi connectivity index (χ2n) is 8.10. The van der Waals surface area contributed by atoms with Gasteiger partial charge in [-0.1, -0.05) is 0 Å². The third kappa shape index (κ3) is 5.18. The molecular formula is C23H30N6O3S. The number of methoxy groups -OCH3 is 1. The Hall–Kier alpha value is -2.95. The first-order valence-corrected chi connectivity index (χ1v) is 12.3. The molecule has 4 rings (SSSR count). The number of piperazine rings is 1. The zero-order valence-electron chi connectivity index (χ0n) is 19.3. The molecule has 0 bridgehead atoms. The minimum absolute atomic E-state index is 0.222. The molecule has 3 heterocycles. The fraction of sp³-hybridized carbons (Fsp3) is 0.391. The largest absolute Gasteiger partial charge is 0.497 e. The van der Waals surface area contributed by atoms with Crippen molar-refractivity contribution in [2.75, 3.05) is 58.3 Å². The lowest BCUT2D eigenvalue weighted by Gasteiger charge is -2.37. The molecule has 2 aromatic heterocycles. The monoisotopic (exact) mass is 470 g/mol. The molecule has 1 saturated heterocycles. The Labute approximate surface area is 195 Å². The van der Waals surface area contributed by atoms with Gasteiger partial charge < -0.3 is 9.64 Å². The number of hydrogen-bond donors (Lipinski definition) is 0. The van der Waals surface area contributed by atoms with E-state index in [2.05, 4.69) is 25.9 Å². The highest BCUT2D eigenvalue weighted by Crippen LogP contribution is 2.30. The molecule has 0 radical (unpaired) electrons. The standard InChI is InChI=1S/C23H30N6O3S/c1-26-18-21(17-25-26)33(30,31)27(2)11-12-28-13-15-29(16-14-28)22-5-4-10-24-23(22)19-6-8-20(32-3)9-7-19/h4-10,17-18H,11-16H2,1-3H3. The van der Waals surface area contributed by atoms with E-state index < -0.39 is 10.0 Å². The third-order valence-electron chi connectivity index (χ3n) is 5.98. The van der Waals surface area contributed by atoms with Gasteiger partial charge in [0, 0.05) is 71.3 Å². The van der Waals surface area contributed by atoms with Gasteiger partial charge in [0.1, 0.15) is 10.6 Å². The van der Waals surface area contributed by atoms with Crippen molar-refractivity contribution in [2.24, 2.45) is 7.05 Å². The normalized spacial score (nSPS) is 15.2. The van der Waals surface area contributed by atoms with Crippen LogP contribution in [0.2, 0.25) is 0 Å². The van der Waals surface area contributed by atoms with Gasteiger partial charge in [-0.15, -0.1) is 0 Å². The van der Waals surface area contributed by atoms with Crippen molar-refractivity contribution in [3.63, 3.8) is 0 Å². The molecule has 1 aliphatic rings. The minimum Gasteiger partial charge on any atom is -0.497 e. The van der Waals surface area contributed by atoms with Crippen LogP contribution in [0.5, 0.6) is 5.75 Å². The molecule has 0 N–H and O–H groups in total. The van der Waals surface area contributed by atoms with Gasteiger partial charge in [0.05, 0.1) is 24.7 Å². The molecule has 3 aromatic rings.